The molecule has 1 aromatic rings. The number of carbonyl (C=O) groups is 3. The molecule has 3 amide bonds. The van der Waals surface area contributed by atoms with Crippen molar-refractivity contribution in [2.24, 2.45) is 0 Å². The van der Waals surface area contributed by atoms with Crippen LogP contribution in [0.4, 0.5) is 0 Å². The highest BCUT2D eigenvalue weighted by atomic mass is 16.2. The van der Waals surface area contributed by atoms with Gasteiger partial charge in [0, 0.05) is 30.8 Å². The number of nitrogens with one attached hydrogen (secondary N) is 2. The lowest BCUT2D eigenvalue weighted by molar-refractivity contribution is -0.137. The van der Waals surface area contributed by atoms with E-state index < -0.39 is 6.04 Å². The van der Waals surface area contributed by atoms with Gasteiger partial charge in [-0.1, -0.05) is 30.3 Å². The molecule has 0 bridgehead atoms. The van der Waals surface area contributed by atoms with Crippen LogP contribution in [0.5, 0.6) is 0 Å². The van der Waals surface area contributed by atoms with Crippen molar-refractivity contribution in [2.75, 3.05) is 13.1 Å². The number of nitrogens with zero attached hydrogens (tertiary/aromatic N) is 1. The summed E-state index contributed by atoms with van der Waals surface area (Å²) >= 11 is 0. The molecule has 0 aliphatic carbocycles. The van der Waals surface area contributed by atoms with Gasteiger partial charge in [0.15, 0.2) is 0 Å². The minimum Gasteiger partial charge on any atom is -0.353 e. The van der Waals surface area contributed by atoms with Gasteiger partial charge in [0.1, 0.15) is 0 Å². The molecule has 1 heterocycles. The lowest BCUT2D eigenvalue weighted by Crippen LogP contribution is -2.53. The number of hydrogen-bond donors (Lipinski definition) is 2. The molecule has 25 heavy (non-hydrogen) atoms. The van der Waals surface area contributed by atoms with Crippen LogP contribution in [0.2, 0.25) is 0 Å². The minimum absolute atomic E-state index is 0.147. The van der Waals surface area contributed by atoms with Crippen LogP contribution >= 0.6 is 0 Å². The van der Waals surface area contributed by atoms with Crippen LogP contribution in [0.25, 0.3) is 0 Å². The summed E-state index contributed by atoms with van der Waals surface area (Å²) in [4.78, 5) is 36.7. The zero-order valence-electron chi connectivity index (χ0n) is 14.9. The second-order valence-electron chi connectivity index (χ2n) is 7.09. The van der Waals surface area contributed by atoms with Gasteiger partial charge in [0.25, 0.3) is 11.8 Å². The molecule has 0 saturated carbocycles. The molecule has 134 valence electrons. The Morgan fingerprint density at radius 3 is 2.24 bits per heavy atom. The van der Waals surface area contributed by atoms with E-state index >= 15 is 0 Å². The molecule has 1 aliphatic rings. The second-order valence-corrected chi connectivity index (χ2v) is 7.09. The highest BCUT2D eigenvalue weighted by Crippen LogP contribution is 2.08. The van der Waals surface area contributed by atoms with Crippen molar-refractivity contribution in [1.82, 2.24) is 15.5 Å². The van der Waals surface area contributed by atoms with Crippen molar-refractivity contribution >= 4 is 17.7 Å². The summed E-state index contributed by atoms with van der Waals surface area (Å²) in [5.74, 6) is -0.827. The summed E-state index contributed by atoms with van der Waals surface area (Å²) in [5.41, 5.74) is 0.843. The molecule has 6 nitrogen and oxygen atoms in total. The Morgan fingerprint density at radius 2 is 1.68 bits per heavy atom. The first-order chi connectivity index (χ1) is 11.8. The van der Waals surface area contributed by atoms with Gasteiger partial charge in [-0.3, -0.25) is 19.3 Å². The van der Waals surface area contributed by atoms with Crippen LogP contribution in [-0.4, -0.2) is 47.3 Å². The number of carbonyl (C=O) groups excluding carboxylic acids is 3. The first-order valence-electron chi connectivity index (χ1n) is 8.39. The zero-order valence-corrected chi connectivity index (χ0v) is 14.9. The third-order valence-corrected chi connectivity index (χ3v) is 3.74. The first kappa shape index (κ1) is 18.9. The third kappa shape index (κ3) is 5.83. The summed E-state index contributed by atoms with van der Waals surface area (Å²) in [6.45, 7) is 6.42. The SMILES string of the molecule is CC(C)(C)N[C@@H](Cc1ccccc1)C(=O)NCCN1C(=O)C=CC1=O. The van der Waals surface area contributed by atoms with E-state index in [-0.39, 0.29) is 36.3 Å². The molecule has 6 heteroatoms. The normalized spacial score (nSPS) is 15.6. The number of benzene rings is 1. The number of rotatable bonds is 7. The highest BCUT2D eigenvalue weighted by molar-refractivity contribution is 6.12. The van der Waals surface area contributed by atoms with Crippen molar-refractivity contribution in [1.29, 1.82) is 0 Å². The fraction of sp³-hybridized carbons (Fsp3) is 0.421. The quantitative estimate of drug-likeness (QED) is 0.725. The lowest BCUT2D eigenvalue weighted by Gasteiger charge is -2.28. The van der Waals surface area contributed by atoms with E-state index in [1.165, 1.54) is 12.2 Å². The summed E-state index contributed by atoms with van der Waals surface area (Å²) in [5, 5.41) is 6.15. The van der Waals surface area contributed by atoms with Gasteiger partial charge < -0.3 is 10.6 Å². The molecular weight excluding hydrogens is 318 g/mol. The largest absolute Gasteiger partial charge is 0.353 e. The molecule has 0 spiro atoms. The maximum absolute atomic E-state index is 12.6. The molecule has 0 aromatic heterocycles. The highest BCUT2D eigenvalue weighted by Gasteiger charge is 2.26. The standard InChI is InChI=1S/C19H25N3O3/c1-19(2,3)21-15(13-14-7-5-4-6-8-14)18(25)20-11-12-22-16(23)9-10-17(22)24/h4-10,15,21H,11-13H2,1-3H3,(H,20,25)/t15-/m0/s1. The molecule has 0 saturated heterocycles. The fourth-order valence-electron chi connectivity index (χ4n) is 2.65. The van der Waals surface area contributed by atoms with Crippen LogP contribution in [0.1, 0.15) is 26.3 Å². The Balaban J connectivity index is 1.93. The Bertz CT molecular complexity index is 644. The van der Waals surface area contributed by atoms with Crippen LogP contribution in [0.3, 0.4) is 0 Å². The van der Waals surface area contributed by atoms with Crippen molar-refractivity contribution in [3.05, 3.63) is 48.0 Å². The molecule has 0 radical (unpaired) electrons. The maximum Gasteiger partial charge on any atom is 0.253 e. The van der Waals surface area contributed by atoms with Gasteiger partial charge in [-0.05, 0) is 32.8 Å². The van der Waals surface area contributed by atoms with E-state index in [1.54, 1.807) is 0 Å². The average molecular weight is 343 g/mol. The Hall–Kier alpha value is -2.47. The summed E-state index contributed by atoms with van der Waals surface area (Å²) in [6, 6.07) is 9.40. The van der Waals surface area contributed by atoms with Crippen molar-refractivity contribution in [2.45, 2.75) is 38.8 Å². The molecule has 2 N–H and O–H groups in total. The molecule has 0 fully saturated rings. The summed E-state index contributed by atoms with van der Waals surface area (Å²) < 4.78 is 0. The van der Waals surface area contributed by atoms with Gasteiger partial charge in [-0.15, -0.1) is 0 Å². The predicted molar refractivity (Wildman–Crippen MR) is 95.7 cm³/mol. The second kappa shape index (κ2) is 8.07. The summed E-state index contributed by atoms with van der Waals surface area (Å²) in [6.07, 6.45) is 3.04. The first-order valence-corrected chi connectivity index (χ1v) is 8.39. The Labute approximate surface area is 148 Å². The zero-order chi connectivity index (χ0) is 18.4. The molecule has 0 unspecified atom stereocenters. The smallest absolute Gasteiger partial charge is 0.253 e. The van der Waals surface area contributed by atoms with Crippen molar-refractivity contribution in [3.8, 4) is 0 Å². The number of amides is 3. The fourth-order valence-corrected chi connectivity index (χ4v) is 2.65. The molecule has 1 aliphatic heterocycles. The van der Waals surface area contributed by atoms with E-state index in [2.05, 4.69) is 10.6 Å². The molecule has 2 rings (SSSR count). The summed E-state index contributed by atoms with van der Waals surface area (Å²) in [7, 11) is 0. The van der Waals surface area contributed by atoms with Crippen LogP contribution in [0.15, 0.2) is 42.5 Å². The topological polar surface area (TPSA) is 78.5 Å². The maximum atomic E-state index is 12.6. The van der Waals surface area contributed by atoms with Crippen LogP contribution < -0.4 is 10.6 Å². The molecule has 1 aromatic carbocycles. The van der Waals surface area contributed by atoms with Crippen LogP contribution in [-0.2, 0) is 20.8 Å². The van der Waals surface area contributed by atoms with E-state index in [9.17, 15) is 14.4 Å². The van der Waals surface area contributed by atoms with E-state index in [0.29, 0.717) is 6.42 Å². The third-order valence-electron chi connectivity index (χ3n) is 3.74. The molecular formula is C19H25N3O3. The monoisotopic (exact) mass is 343 g/mol. The van der Waals surface area contributed by atoms with Crippen molar-refractivity contribution < 1.29 is 14.4 Å². The van der Waals surface area contributed by atoms with Gasteiger partial charge in [0.2, 0.25) is 5.91 Å². The lowest BCUT2D eigenvalue weighted by atomic mass is 10.0. The predicted octanol–water partition coefficient (Wildman–Crippen LogP) is 1.03. The van der Waals surface area contributed by atoms with Gasteiger partial charge in [-0.2, -0.15) is 0 Å². The van der Waals surface area contributed by atoms with Crippen molar-refractivity contribution in [3.63, 3.8) is 0 Å². The van der Waals surface area contributed by atoms with E-state index in [4.69, 9.17) is 0 Å². The van der Waals surface area contributed by atoms with Gasteiger partial charge >= 0.3 is 0 Å². The minimum atomic E-state index is -0.398. The molecule has 1 atom stereocenters. The Morgan fingerprint density at radius 1 is 1.08 bits per heavy atom. The van der Waals surface area contributed by atoms with E-state index in [1.807, 2.05) is 51.1 Å². The van der Waals surface area contributed by atoms with E-state index in [0.717, 1.165) is 10.5 Å². The number of imide groups is 1. The van der Waals surface area contributed by atoms with Crippen LogP contribution in [0, 0.1) is 0 Å². The number of hydrogen-bond acceptors (Lipinski definition) is 4. The van der Waals surface area contributed by atoms with Gasteiger partial charge in [0.05, 0.1) is 6.04 Å². The Kier molecular flexibility index (Phi) is 6.09. The average Bonchev–Trinajstić information content (AvgIpc) is 2.85. The van der Waals surface area contributed by atoms with Gasteiger partial charge in [-0.25, -0.2) is 0 Å².